The molecule has 0 amide bonds. The molecule has 0 aliphatic carbocycles. The van der Waals surface area contributed by atoms with Gasteiger partial charge in [-0.3, -0.25) is 4.79 Å². The van der Waals surface area contributed by atoms with Gasteiger partial charge in [0.2, 0.25) is 0 Å². The molecule has 0 fully saturated rings. The fourth-order valence-corrected chi connectivity index (χ4v) is 0.214. The van der Waals surface area contributed by atoms with Crippen molar-refractivity contribution in [3.8, 4) is 0 Å². The molecule has 0 aromatic carbocycles. The topological polar surface area (TPSA) is 37.3 Å². The third-order valence-electron chi connectivity index (χ3n) is 0.464. The van der Waals surface area contributed by atoms with Crippen molar-refractivity contribution < 1.29 is 9.90 Å². The molecule has 2 nitrogen and oxygen atoms in total. The normalized spacial score (nSPS) is 7.00. The summed E-state index contributed by atoms with van der Waals surface area (Å²) in [4.78, 5) is 9.60. The van der Waals surface area contributed by atoms with Crippen LogP contribution in [0.2, 0.25) is 0 Å². The number of aliphatic carboxylic acids is 1. The van der Waals surface area contributed by atoms with E-state index in [1.807, 2.05) is 6.92 Å². The third kappa shape index (κ3) is 10.7. The average Bonchev–Trinajstić information content (AvgIpc) is 1.35. The molecule has 0 aromatic heterocycles. The number of hydrogen-bond donors (Lipinski definition) is 1. The van der Waals surface area contributed by atoms with Crippen LogP contribution in [-0.2, 0) is 4.79 Å². The summed E-state index contributed by atoms with van der Waals surface area (Å²) in [6, 6.07) is 0. The standard InChI is InChI=1S/C4H8O2.Na/c1-2-3-4(5)6;/h2-3H2,1H3,(H,5,6);/i3+1;. The van der Waals surface area contributed by atoms with Gasteiger partial charge in [-0.1, -0.05) is 6.92 Å². The molecule has 0 saturated carbocycles. The van der Waals surface area contributed by atoms with E-state index in [-0.39, 0.29) is 29.6 Å². The molecule has 1 N–H and O–H groups in total. The van der Waals surface area contributed by atoms with E-state index in [1.54, 1.807) is 0 Å². The van der Waals surface area contributed by atoms with Gasteiger partial charge >= 0.3 is 5.97 Å². The minimum absolute atomic E-state index is 0. The fraction of sp³-hybridized carbons (Fsp3) is 0.750. The zero-order valence-corrected chi connectivity index (χ0v) is 6.77. The Hall–Kier alpha value is 0.470. The van der Waals surface area contributed by atoms with Gasteiger partial charge in [0.05, 0.1) is 0 Å². The predicted octanol–water partition coefficient (Wildman–Crippen LogP) is 0.490. The van der Waals surface area contributed by atoms with E-state index in [2.05, 4.69) is 0 Å². The number of carboxylic acids is 1. The van der Waals surface area contributed by atoms with Crippen molar-refractivity contribution in [2.45, 2.75) is 19.8 Å². The molecule has 7 heavy (non-hydrogen) atoms. The summed E-state index contributed by atoms with van der Waals surface area (Å²) in [5, 5.41) is 7.91. The van der Waals surface area contributed by atoms with Crippen LogP contribution in [0.25, 0.3) is 0 Å². The maximum absolute atomic E-state index is 9.60. The molecule has 1 radical (unpaired) electrons. The van der Waals surface area contributed by atoms with Gasteiger partial charge < -0.3 is 5.11 Å². The molecule has 0 heterocycles. The van der Waals surface area contributed by atoms with E-state index in [1.165, 1.54) is 0 Å². The van der Waals surface area contributed by atoms with Crippen molar-refractivity contribution in [1.82, 2.24) is 0 Å². The Morgan fingerprint density at radius 2 is 2.14 bits per heavy atom. The van der Waals surface area contributed by atoms with Crippen LogP contribution in [0.1, 0.15) is 19.8 Å². The quantitative estimate of drug-likeness (QED) is 0.417. The van der Waals surface area contributed by atoms with Crippen LogP contribution in [0.3, 0.4) is 0 Å². The summed E-state index contributed by atoms with van der Waals surface area (Å²) in [5.41, 5.74) is 0. The second-order valence-corrected chi connectivity index (χ2v) is 1.14. The van der Waals surface area contributed by atoms with Gasteiger partial charge in [-0.2, -0.15) is 0 Å². The Morgan fingerprint density at radius 1 is 1.71 bits per heavy atom. The first-order valence-electron chi connectivity index (χ1n) is 1.99. The molecule has 3 heteroatoms. The van der Waals surface area contributed by atoms with Gasteiger partial charge in [0.25, 0.3) is 0 Å². The predicted molar refractivity (Wildman–Crippen MR) is 28.3 cm³/mol. The van der Waals surface area contributed by atoms with Crippen LogP contribution in [-0.4, -0.2) is 40.6 Å². The molecule has 0 bridgehead atoms. The summed E-state index contributed by atoms with van der Waals surface area (Å²) in [5.74, 6) is -0.711. The fourth-order valence-electron chi connectivity index (χ4n) is 0.214. The van der Waals surface area contributed by atoms with Gasteiger partial charge in [0.1, 0.15) is 0 Å². The molecule has 37 valence electrons. The summed E-state index contributed by atoms with van der Waals surface area (Å²) in [7, 11) is 0. The Labute approximate surface area is 65.2 Å². The molecule has 0 saturated heterocycles. The molecule has 0 rings (SSSR count). The van der Waals surface area contributed by atoms with Crippen molar-refractivity contribution >= 4 is 35.5 Å². The Balaban J connectivity index is 0. The van der Waals surface area contributed by atoms with Gasteiger partial charge in [0.15, 0.2) is 0 Å². The molecule has 0 aliphatic heterocycles. The number of carboxylic acid groups (broad SMARTS) is 1. The van der Waals surface area contributed by atoms with Gasteiger partial charge in [-0.25, -0.2) is 0 Å². The SMILES string of the molecule is CC[13CH2]C(=O)O.[Na]. The summed E-state index contributed by atoms with van der Waals surface area (Å²) < 4.78 is 0. The zero-order valence-electron chi connectivity index (χ0n) is 4.77. The van der Waals surface area contributed by atoms with Crippen LogP contribution in [0.15, 0.2) is 0 Å². The second kappa shape index (κ2) is 6.47. The van der Waals surface area contributed by atoms with Crippen molar-refractivity contribution in [1.29, 1.82) is 0 Å². The first kappa shape index (κ1) is 10.5. The molecule has 0 atom stereocenters. The Morgan fingerprint density at radius 3 is 2.14 bits per heavy atom. The van der Waals surface area contributed by atoms with Crippen LogP contribution in [0.5, 0.6) is 0 Å². The Bertz CT molecular complexity index is 53.7. The monoisotopic (exact) mass is 112 g/mol. The molecular weight excluding hydrogens is 104 g/mol. The van der Waals surface area contributed by atoms with Crippen LogP contribution in [0, 0.1) is 0 Å². The maximum atomic E-state index is 9.60. The maximum Gasteiger partial charge on any atom is 0.303 e. The van der Waals surface area contributed by atoms with Gasteiger partial charge in [-0.05, 0) is 6.42 Å². The van der Waals surface area contributed by atoms with E-state index >= 15 is 0 Å². The van der Waals surface area contributed by atoms with E-state index in [0.29, 0.717) is 6.42 Å². The summed E-state index contributed by atoms with van der Waals surface area (Å²) in [6.45, 7) is 1.84. The molecule has 0 spiro atoms. The third-order valence-corrected chi connectivity index (χ3v) is 0.464. The largest absolute Gasteiger partial charge is 0.481 e. The summed E-state index contributed by atoms with van der Waals surface area (Å²) in [6.07, 6.45) is 1.02. The average molecular weight is 112 g/mol. The molecule has 0 aliphatic rings. The van der Waals surface area contributed by atoms with Crippen molar-refractivity contribution in [3.05, 3.63) is 0 Å². The van der Waals surface area contributed by atoms with Crippen LogP contribution >= 0.6 is 0 Å². The van der Waals surface area contributed by atoms with E-state index < -0.39 is 5.97 Å². The first-order chi connectivity index (χ1) is 2.77. The van der Waals surface area contributed by atoms with Crippen LogP contribution in [0.4, 0.5) is 0 Å². The zero-order chi connectivity index (χ0) is 4.99. The van der Waals surface area contributed by atoms with Gasteiger partial charge in [0, 0.05) is 36.0 Å². The van der Waals surface area contributed by atoms with Gasteiger partial charge in [-0.15, -0.1) is 0 Å². The van der Waals surface area contributed by atoms with E-state index in [9.17, 15) is 4.79 Å². The van der Waals surface area contributed by atoms with E-state index in [4.69, 9.17) is 5.11 Å². The van der Waals surface area contributed by atoms with E-state index in [0.717, 1.165) is 6.42 Å². The second-order valence-electron chi connectivity index (χ2n) is 1.14. The summed E-state index contributed by atoms with van der Waals surface area (Å²) >= 11 is 0. The first-order valence-corrected chi connectivity index (χ1v) is 1.99. The van der Waals surface area contributed by atoms with Crippen molar-refractivity contribution in [3.63, 3.8) is 0 Å². The smallest absolute Gasteiger partial charge is 0.303 e. The minimum Gasteiger partial charge on any atom is -0.481 e. The number of rotatable bonds is 2. The van der Waals surface area contributed by atoms with Crippen molar-refractivity contribution in [2.24, 2.45) is 0 Å². The Kier molecular flexibility index (Phi) is 9.66. The van der Waals surface area contributed by atoms with Crippen molar-refractivity contribution in [2.75, 3.05) is 0 Å². The molecular formula is C4H8NaO2. The molecule has 0 unspecified atom stereocenters. The molecule has 0 aromatic rings. The van der Waals surface area contributed by atoms with Crippen LogP contribution < -0.4 is 0 Å². The minimum atomic E-state index is -0.711. The number of carbonyl (C=O) groups is 1. The number of hydrogen-bond acceptors (Lipinski definition) is 1.